The first-order valence-corrected chi connectivity index (χ1v) is 8.09. The zero-order valence-electron chi connectivity index (χ0n) is 13.2. The van der Waals surface area contributed by atoms with Crippen molar-refractivity contribution < 1.29 is 9.53 Å². The van der Waals surface area contributed by atoms with Crippen LogP contribution >= 0.6 is 0 Å². The largest absolute Gasteiger partial charge is 0.474 e. The number of hydrogen-bond acceptors (Lipinski definition) is 4. The van der Waals surface area contributed by atoms with Crippen LogP contribution in [0.3, 0.4) is 0 Å². The summed E-state index contributed by atoms with van der Waals surface area (Å²) in [6, 6.07) is 9.62. The van der Waals surface area contributed by atoms with Gasteiger partial charge in [-0.1, -0.05) is 18.2 Å². The summed E-state index contributed by atoms with van der Waals surface area (Å²) >= 11 is 0. The van der Waals surface area contributed by atoms with Crippen LogP contribution in [0.4, 0.5) is 0 Å². The van der Waals surface area contributed by atoms with Gasteiger partial charge in [0.25, 0.3) is 5.91 Å². The van der Waals surface area contributed by atoms with Gasteiger partial charge in [0.2, 0.25) is 5.88 Å². The fourth-order valence-corrected chi connectivity index (χ4v) is 3.11. The number of rotatable bonds is 3. The Bertz CT molecular complexity index is 838. The number of aromatic amines is 1. The van der Waals surface area contributed by atoms with Gasteiger partial charge in [0.1, 0.15) is 12.4 Å². The molecule has 0 saturated carbocycles. The van der Waals surface area contributed by atoms with Gasteiger partial charge in [-0.25, -0.2) is 9.97 Å². The Balaban J connectivity index is 1.41. The Morgan fingerprint density at radius 1 is 1.21 bits per heavy atom. The van der Waals surface area contributed by atoms with E-state index in [9.17, 15) is 4.79 Å². The number of amides is 1. The number of para-hydroxylation sites is 1. The number of hydrogen-bond donors (Lipinski definition) is 1. The molecular weight excluding hydrogens is 304 g/mol. The Hall–Kier alpha value is -2.89. The lowest BCUT2D eigenvalue weighted by Crippen LogP contribution is -2.41. The van der Waals surface area contributed by atoms with Crippen molar-refractivity contribution in [2.45, 2.75) is 18.9 Å². The number of aromatic nitrogens is 3. The molecule has 3 heterocycles. The smallest absolute Gasteiger partial charge is 0.256 e. The summed E-state index contributed by atoms with van der Waals surface area (Å²) in [5, 5.41) is 0.974. The monoisotopic (exact) mass is 322 g/mol. The summed E-state index contributed by atoms with van der Waals surface area (Å²) in [5.41, 5.74) is 1.73. The zero-order valence-corrected chi connectivity index (χ0v) is 13.2. The second-order valence-electron chi connectivity index (χ2n) is 5.90. The number of ether oxygens (including phenoxy) is 1. The van der Waals surface area contributed by atoms with E-state index in [-0.39, 0.29) is 12.0 Å². The van der Waals surface area contributed by atoms with Crippen molar-refractivity contribution in [1.82, 2.24) is 19.9 Å². The van der Waals surface area contributed by atoms with Crippen LogP contribution < -0.4 is 4.74 Å². The molecule has 0 bridgehead atoms. The molecule has 1 saturated heterocycles. The average molecular weight is 322 g/mol. The Morgan fingerprint density at radius 2 is 2.04 bits per heavy atom. The van der Waals surface area contributed by atoms with E-state index in [0.717, 1.165) is 29.3 Å². The number of carbonyl (C=O) groups excluding carboxylic acids is 1. The van der Waals surface area contributed by atoms with Gasteiger partial charge >= 0.3 is 0 Å². The molecule has 1 aliphatic heterocycles. The van der Waals surface area contributed by atoms with Crippen molar-refractivity contribution in [3.05, 3.63) is 54.6 Å². The van der Waals surface area contributed by atoms with E-state index in [1.54, 1.807) is 18.5 Å². The topological polar surface area (TPSA) is 71.1 Å². The van der Waals surface area contributed by atoms with Crippen molar-refractivity contribution in [3.8, 4) is 5.88 Å². The van der Waals surface area contributed by atoms with E-state index in [2.05, 4.69) is 15.0 Å². The standard InChI is InChI=1S/C18H18N4O2/c23-18(15-11-20-16-4-2-1-3-14(15)16)22-9-6-13(7-10-22)24-17-5-8-19-12-21-17/h1-5,8,11-13,20H,6-7,9-10H2. The maximum atomic E-state index is 12.8. The molecule has 6 heteroatoms. The fourth-order valence-electron chi connectivity index (χ4n) is 3.11. The minimum atomic E-state index is 0.0768. The predicted molar refractivity (Wildman–Crippen MR) is 89.9 cm³/mol. The van der Waals surface area contributed by atoms with Crippen LogP contribution in [0.2, 0.25) is 0 Å². The Labute approximate surface area is 139 Å². The predicted octanol–water partition coefficient (Wildman–Crippen LogP) is 2.64. The third-order valence-electron chi connectivity index (χ3n) is 4.39. The maximum absolute atomic E-state index is 12.8. The molecule has 1 fully saturated rings. The van der Waals surface area contributed by atoms with Gasteiger partial charge in [0.15, 0.2) is 0 Å². The SMILES string of the molecule is O=C(c1c[nH]c2ccccc12)N1CCC(Oc2ccncn2)CC1. The molecule has 0 radical (unpaired) electrons. The van der Waals surface area contributed by atoms with E-state index < -0.39 is 0 Å². The number of nitrogens with zero attached hydrogens (tertiary/aromatic N) is 3. The quantitative estimate of drug-likeness (QED) is 0.805. The lowest BCUT2D eigenvalue weighted by molar-refractivity contribution is 0.0589. The highest BCUT2D eigenvalue weighted by Gasteiger charge is 2.26. The number of carbonyl (C=O) groups is 1. The average Bonchev–Trinajstić information content (AvgIpc) is 3.07. The van der Waals surface area contributed by atoms with E-state index in [0.29, 0.717) is 19.0 Å². The molecular formula is C18H18N4O2. The molecule has 6 nitrogen and oxygen atoms in total. The van der Waals surface area contributed by atoms with Crippen molar-refractivity contribution in [2.24, 2.45) is 0 Å². The van der Waals surface area contributed by atoms with E-state index >= 15 is 0 Å². The molecule has 4 rings (SSSR count). The van der Waals surface area contributed by atoms with Crippen LogP contribution in [-0.4, -0.2) is 45.0 Å². The van der Waals surface area contributed by atoms with Crippen LogP contribution in [0.15, 0.2) is 49.1 Å². The second-order valence-corrected chi connectivity index (χ2v) is 5.90. The molecule has 0 aliphatic carbocycles. The normalized spacial score (nSPS) is 15.6. The molecule has 122 valence electrons. The summed E-state index contributed by atoms with van der Waals surface area (Å²) in [4.78, 5) is 25.8. The fraction of sp³-hybridized carbons (Fsp3) is 0.278. The summed E-state index contributed by atoms with van der Waals surface area (Å²) in [5.74, 6) is 0.666. The summed E-state index contributed by atoms with van der Waals surface area (Å²) in [6.45, 7) is 1.38. The van der Waals surface area contributed by atoms with Gasteiger partial charge in [0, 0.05) is 55.3 Å². The molecule has 3 aromatic rings. The number of nitrogens with one attached hydrogen (secondary N) is 1. The number of benzene rings is 1. The van der Waals surface area contributed by atoms with Gasteiger partial charge in [-0.15, -0.1) is 0 Å². The summed E-state index contributed by atoms with van der Waals surface area (Å²) in [6.07, 6.45) is 6.64. The highest BCUT2D eigenvalue weighted by molar-refractivity contribution is 6.06. The number of likely N-dealkylation sites (tertiary alicyclic amines) is 1. The minimum absolute atomic E-state index is 0.0768. The zero-order chi connectivity index (χ0) is 16.4. The first-order valence-electron chi connectivity index (χ1n) is 8.09. The summed E-state index contributed by atoms with van der Waals surface area (Å²) in [7, 11) is 0. The van der Waals surface area contributed by atoms with Gasteiger partial charge in [-0.05, 0) is 6.07 Å². The maximum Gasteiger partial charge on any atom is 0.256 e. The van der Waals surface area contributed by atoms with Crippen LogP contribution in [-0.2, 0) is 0 Å². The first kappa shape index (κ1) is 14.7. The highest BCUT2D eigenvalue weighted by atomic mass is 16.5. The molecule has 0 spiro atoms. The Morgan fingerprint density at radius 3 is 2.83 bits per heavy atom. The third kappa shape index (κ3) is 2.82. The Kier molecular flexibility index (Phi) is 3.86. The van der Waals surface area contributed by atoms with Crippen molar-refractivity contribution in [2.75, 3.05) is 13.1 Å². The minimum Gasteiger partial charge on any atom is -0.474 e. The first-order chi connectivity index (χ1) is 11.8. The van der Waals surface area contributed by atoms with Crippen molar-refractivity contribution >= 4 is 16.8 Å². The molecule has 1 aliphatic rings. The van der Waals surface area contributed by atoms with Gasteiger partial charge in [-0.3, -0.25) is 4.79 Å². The molecule has 0 atom stereocenters. The molecule has 1 aromatic carbocycles. The molecule has 1 N–H and O–H groups in total. The second kappa shape index (κ2) is 6.31. The number of piperidine rings is 1. The van der Waals surface area contributed by atoms with Gasteiger partial charge in [-0.2, -0.15) is 0 Å². The summed E-state index contributed by atoms with van der Waals surface area (Å²) < 4.78 is 5.85. The van der Waals surface area contributed by atoms with Crippen LogP contribution in [0.25, 0.3) is 10.9 Å². The molecule has 24 heavy (non-hydrogen) atoms. The van der Waals surface area contributed by atoms with Crippen LogP contribution in [0.1, 0.15) is 23.2 Å². The molecule has 2 aromatic heterocycles. The number of fused-ring (bicyclic) bond motifs is 1. The lowest BCUT2D eigenvalue weighted by atomic mass is 10.1. The highest BCUT2D eigenvalue weighted by Crippen LogP contribution is 2.22. The lowest BCUT2D eigenvalue weighted by Gasteiger charge is -2.31. The van der Waals surface area contributed by atoms with Gasteiger partial charge < -0.3 is 14.6 Å². The van der Waals surface area contributed by atoms with E-state index in [1.165, 1.54) is 6.33 Å². The van der Waals surface area contributed by atoms with E-state index in [1.807, 2.05) is 29.2 Å². The van der Waals surface area contributed by atoms with Crippen molar-refractivity contribution in [1.29, 1.82) is 0 Å². The van der Waals surface area contributed by atoms with E-state index in [4.69, 9.17) is 4.74 Å². The third-order valence-corrected chi connectivity index (χ3v) is 4.39. The van der Waals surface area contributed by atoms with Crippen LogP contribution in [0.5, 0.6) is 5.88 Å². The number of H-pyrrole nitrogens is 1. The van der Waals surface area contributed by atoms with Crippen LogP contribution in [0, 0.1) is 0 Å². The van der Waals surface area contributed by atoms with Crippen molar-refractivity contribution in [3.63, 3.8) is 0 Å². The molecule has 1 amide bonds. The molecule has 0 unspecified atom stereocenters. The van der Waals surface area contributed by atoms with Gasteiger partial charge in [0.05, 0.1) is 5.56 Å².